The molecule has 0 bridgehead atoms. The maximum Gasteiger partial charge on any atom is 0.227 e. The molecule has 0 unspecified atom stereocenters. The summed E-state index contributed by atoms with van der Waals surface area (Å²) in [6, 6.07) is 9.04. The normalized spacial score (nSPS) is 17.0. The highest BCUT2D eigenvalue weighted by molar-refractivity contribution is 5.80. The van der Waals surface area contributed by atoms with Gasteiger partial charge in [0, 0.05) is 18.7 Å². The largest absolute Gasteiger partial charge is 0.341 e. The summed E-state index contributed by atoms with van der Waals surface area (Å²) in [5.74, 6) is 1.85. The fraction of sp³-hybridized carbons (Fsp3) is 0.421. The number of rotatable bonds is 2. The van der Waals surface area contributed by atoms with E-state index < -0.39 is 0 Å². The highest BCUT2D eigenvalue weighted by Gasteiger charge is 2.25. The minimum atomic E-state index is 0.564. The van der Waals surface area contributed by atoms with Crippen LogP contribution < -0.4 is 4.90 Å². The number of fused-ring (bicyclic) bond motifs is 5. The van der Waals surface area contributed by atoms with Crippen LogP contribution in [0.4, 0.5) is 5.95 Å². The number of nitrogens with zero attached hydrogens (tertiary/aromatic N) is 5. The summed E-state index contributed by atoms with van der Waals surface area (Å²) in [5, 5.41) is 0. The molecule has 0 radical (unpaired) electrons. The highest BCUT2D eigenvalue weighted by Crippen LogP contribution is 2.34. The minimum absolute atomic E-state index is 0.564. The van der Waals surface area contributed by atoms with Gasteiger partial charge in [-0.2, -0.15) is 4.98 Å². The van der Waals surface area contributed by atoms with Gasteiger partial charge in [-0.05, 0) is 18.4 Å². The second kappa shape index (κ2) is 5.30. The van der Waals surface area contributed by atoms with Crippen LogP contribution >= 0.6 is 0 Å². The van der Waals surface area contributed by atoms with Gasteiger partial charge in [-0.25, -0.2) is 9.97 Å². The Kier molecular flexibility index (Phi) is 3.08. The number of anilines is 1. The van der Waals surface area contributed by atoms with Gasteiger partial charge in [0.2, 0.25) is 5.95 Å². The molecular formula is C19H21N5. The summed E-state index contributed by atoms with van der Waals surface area (Å²) in [5.41, 5.74) is 4.38. The van der Waals surface area contributed by atoms with E-state index in [-0.39, 0.29) is 0 Å². The third-order valence-electron chi connectivity index (χ3n) is 5.50. The first-order chi connectivity index (χ1) is 11.8. The third kappa shape index (κ3) is 2.04. The third-order valence-corrected chi connectivity index (χ3v) is 5.50. The molecular weight excluding hydrogens is 298 g/mol. The van der Waals surface area contributed by atoms with Gasteiger partial charge in [-0.1, -0.05) is 43.5 Å². The van der Waals surface area contributed by atoms with Crippen molar-refractivity contribution in [3.8, 4) is 11.4 Å². The quantitative estimate of drug-likeness (QED) is 0.566. The lowest BCUT2D eigenvalue weighted by Gasteiger charge is -2.31. The van der Waals surface area contributed by atoms with Crippen LogP contribution in [0, 0.1) is 0 Å². The number of imidazole rings is 1. The van der Waals surface area contributed by atoms with Gasteiger partial charge in [-0.3, -0.25) is 0 Å². The van der Waals surface area contributed by atoms with Crippen LogP contribution in [0.1, 0.15) is 37.7 Å². The highest BCUT2D eigenvalue weighted by atomic mass is 15.3. The summed E-state index contributed by atoms with van der Waals surface area (Å²) >= 11 is 0. The van der Waals surface area contributed by atoms with Crippen LogP contribution in [0.3, 0.4) is 0 Å². The van der Waals surface area contributed by atoms with E-state index in [1.165, 1.54) is 43.2 Å². The topological polar surface area (TPSA) is 46.8 Å². The van der Waals surface area contributed by atoms with Gasteiger partial charge in [0.15, 0.2) is 5.65 Å². The average Bonchev–Trinajstić information content (AvgIpc) is 3.17. The zero-order chi connectivity index (χ0) is 16.1. The fourth-order valence-electron chi connectivity index (χ4n) is 4.11. The molecule has 0 N–H and O–H groups in total. The van der Waals surface area contributed by atoms with Crippen LogP contribution in [-0.2, 0) is 6.54 Å². The van der Waals surface area contributed by atoms with Crippen LogP contribution in [-0.4, -0.2) is 32.6 Å². The molecule has 1 saturated carbocycles. The van der Waals surface area contributed by atoms with Gasteiger partial charge < -0.3 is 9.47 Å². The predicted molar refractivity (Wildman–Crippen MR) is 95.1 cm³/mol. The standard InChI is InChI=1S/C19H21N5/c1-23(14-8-3-2-4-9-14)19-20-11-16-18(22-19)24-12-13-7-5-6-10-15(13)17(24)21-16/h5-7,10-11,14H,2-4,8-9,12H2,1H3. The summed E-state index contributed by atoms with van der Waals surface area (Å²) in [7, 11) is 2.13. The second-order valence-electron chi connectivity index (χ2n) is 6.96. The van der Waals surface area contributed by atoms with Crippen molar-refractivity contribution in [3.63, 3.8) is 0 Å². The number of aromatic nitrogens is 4. The van der Waals surface area contributed by atoms with Crippen molar-refractivity contribution in [3.05, 3.63) is 36.0 Å². The van der Waals surface area contributed by atoms with E-state index in [2.05, 4.69) is 45.8 Å². The SMILES string of the molecule is CN(c1ncc2nc3n(c2n1)Cc1ccccc1-3)C1CCCCC1. The number of hydrogen-bond acceptors (Lipinski definition) is 4. The average molecular weight is 319 g/mol. The molecule has 24 heavy (non-hydrogen) atoms. The molecule has 3 heterocycles. The lowest BCUT2D eigenvalue weighted by atomic mass is 9.95. The monoisotopic (exact) mass is 319 g/mol. The van der Waals surface area contributed by atoms with Crippen molar-refractivity contribution in [2.75, 3.05) is 11.9 Å². The van der Waals surface area contributed by atoms with Gasteiger partial charge in [0.05, 0.1) is 12.7 Å². The molecule has 122 valence electrons. The van der Waals surface area contributed by atoms with Crippen LogP contribution in [0.15, 0.2) is 30.5 Å². The van der Waals surface area contributed by atoms with Crippen molar-refractivity contribution in [2.24, 2.45) is 0 Å². The summed E-state index contributed by atoms with van der Waals surface area (Å²) in [6.45, 7) is 0.853. The van der Waals surface area contributed by atoms with E-state index in [0.29, 0.717) is 6.04 Å². The summed E-state index contributed by atoms with van der Waals surface area (Å²) < 4.78 is 2.22. The molecule has 3 aromatic rings. The Hall–Kier alpha value is -2.43. The van der Waals surface area contributed by atoms with Crippen LogP contribution in [0.25, 0.3) is 22.6 Å². The molecule has 1 aliphatic heterocycles. The van der Waals surface area contributed by atoms with Crippen molar-refractivity contribution in [1.29, 1.82) is 0 Å². The Morgan fingerprint density at radius 3 is 2.79 bits per heavy atom. The molecule has 1 aromatic carbocycles. The zero-order valence-electron chi connectivity index (χ0n) is 13.9. The first kappa shape index (κ1) is 14.0. The van der Waals surface area contributed by atoms with Gasteiger partial charge >= 0.3 is 0 Å². The van der Waals surface area contributed by atoms with E-state index in [1.807, 2.05) is 6.20 Å². The Balaban J connectivity index is 1.56. The number of hydrogen-bond donors (Lipinski definition) is 0. The molecule has 0 atom stereocenters. The Morgan fingerprint density at radius 2 is 1.92 bits per heavy atom. The Bertz CT molecular complexity index is 907. The Labute approximate surface area is 141 Å². The molecule has 1 aliphatic carbocycles. The first-order valence-electron chi connectivity index (χ1n) is 8.85. The molecule has 5 heteroatoms. The van der Waals surface area contributed by atoms with Crippen LogP contribution in [0.5, 0.6) is 0 Å². The smallest absolute Gasteiger partial charge is 0.227 e. The maximum atomic E-state index is 4.88. The maximum absolute atomic E-state index is 4.88. The number of benzene rings is 1. The molecule has 0 amide bonds. The van der Waals surface area contributed by atoms with E-state index >= 15 is 0 Å². The van der Waals surface area contributed by atoms with Gasteiger partial charge in [0.25, 0.3) is 0 Å². The fourth-order valence-corrected chi connectivity index (χ4v) is 4.11. The zero-order valence-corrected chi connectivity index (χ0v) is 13.9. The van der Waals surface area contributed by atoms with Gasteiger partial charge in [-0.15, -0.1) is 0 Å². The molecule has 5 nitrogen and oxygen atoms in total. The lowest BCUT2D eigenvalue weighted by molar-refractivity contribution is 0.424. The lowest BCUT2D eigenvalue weighted by Crippen LogP contribution is -2.34. The molecule has 1 fully saturated rings. The van der Waals surface area contributed by atoms with Crippen molar-refractivity contribution in [2.45, 2.75) is 44.7 Å². The van der Waals surface area contributed by atoms with Crippen molar-refractivity contribution in [1.82, 2.24) is 19.5 Å². The van der Waals surface area contributed by atoms with Crippen LogP contribution in [0.2, 0.25) is 0 Å². The summed E-state index contributed by atoms with van der Waals surface area (Å²) in [6.07, 6.45) is 8.36. The van der Waals surface area contributed by atoms with Crippen molar-refractivity contribution < 1.29 is 0 Å². The molecule has 2 aliphatic rings. The van der Waals surface area contributed by atoms with E-state index in [9.17, 15) is 0 Å². The molecule has 2 aromatic heterocycles. The molecule has 0 saturated heterocycles. The summed E-state index contributed by atoms with van der Waals surface area (Å²) in [4.78, 5) is 16.5. The van der Waals surface area contributed by atoms with Gasteiger partial charge in [0.1, 0.15) is 11.3 Å². The van der Waals surface area contributed by atoms with E-state index in [4.69, 9.17) is 9.97 Å². The van der Waals surface area contributed by atoms with E-state index in [0.717, 1.165) is 29.5 Å². The molecule has 0 spiro atoms. The molecule has 5 rings (SSSR count). The van der Waals surface area contributed by atoms with E-state index in [1.54, 1.807) is 0 Å². The minimum Gasteiger partial charge on any atom is -0.341 e. The second-order valence-corrected chi connectivity index (χ2v) is 6.96. The predicted octanol–water partition coefficient (Wildman–Crippen LogP) is 3.62. The van der Waals surface area contributed by atoms with Crippen molar-refractivity contribution >= 4 is 17.1 Å². The Morgan fingerprint density at radius 1 is 1.08 bits per heavy atom. The first-order valence-corrected chi connectivity index (χ1v) is 8.85.